The molecule has 3 heteroatoms. The third kappa shape index (κ3) is 2.69. The van der Waals surface area contributed by atoms with Crippen LogP contribution >= 0.6 is 15.9 Å². The lowest BCUT2D eigenvalue weighted by molar-refractivity contribution is 0.103. The number of ether oxygens (including phenoxy) is 1. The van der Waals surface area contributed by atoms with Gasteiger partial charge < -0.3 is 4.74 Å². The van der Waals surface area contributed by atoms with Gasteiger partial charge in [0.05, 0.1) is 7.11 Å². The average Bonchev–Trinajstić information content (AvgIpc) is 2.27. The molecule has 0 aromatic heterocycles. The van der Waals surface area contributed by atoms with Gasteiger partial charge in [-0.15, -0.1) is 0 Å². The zero-order chi connectivity index (χ0) is 11.4. The second-order valence-corrected chi connectivity index (χ2v) is 4.00. The zero-order valence-electron chi connectivity index (χ0n) is 9.00. The summed E-state index contributed by atoms with van der Waals surface area (Å²) in [6.07, 6.45) is 1.80. The minimum absolute atomic E-state index is 0.0169. The van der Waals surface area contributed by atoms with E-state index in [1.54, 1.807) is 26.2 Å². The Hall–Kier alpha value is -1.09. The molecular formula is C12H13BrO2. The van der Waals surface area contributed by atoms with E-state index in [1.807, 2.05) is 19.1 Å². The highest BCUT2D eigenvalue weighted by atomic mass is 79.9. The lowest BCUT2D eigenvalue weighted by Gasteiger charge is -2.06. The molecule has 0 spiro atoms. The molecule has 0 unspecified atom stereocenters. The van der Waals surface area contributed by atoms with Crippen molar-refractivity contribution in [3.63, 3.8) is 0 Å². The third-order valence-electron chi connectivity index (χ3n) is 2.21. The van der Waals surface area contributed by atoms with Crippen LogP contribution in [0, 0.1) is 0 Å². The number of methoxy groups -OCH3 is 1. The first kappa shape index (κ1) is 12.0. The predicted molar refractivity (Wildman–Crippen MR) is 64.5 cm³/mol. The number of halogens is 1. The highest BCUT2D eigenvalue weighted by Gasteiger charge is 2.12. The Bertz CT molecular complexity index is 408. The standard InChI is InChI=1S/C12H13BrO2/c1-4-8(2)12(14)10-7-9(15-3)5-6-11(10)13/h4-7H,1-3H3/b8-4+. The first-order valence-corrected chi connectivity index (χ1v) is 5.40. The van der Waals surface area contributed by atoms with E-state index in [-0.39, 0.29) is 5.78 Å². The van der Waals surface area contributed by atoms with Gasteiger partial charge in [-0.2, -0.15) is 0 Å². The largest absolute Gasteiger partial charge is 0.497 e. The molecule has 0 heterocycles. The summed E-state index contributed by atoms with van der Waals surface area (Å²) in [5, 5.41) is 0. The fourth-order valence-electron chi connectivity index (χ4n) is 1.15. The van der Waals surface area contributed by atoms with Crippen molar-refractivity contribution in [2.45, 2.75) is 13.8 Å². The summed E-state index contributed by atoms with van der Waals surface area (Å²) in [5.74, 6) is 0.703. The van der Waals surface area contributed by atoms with Crippen molar-refractivity contribution in [1.29, 1.82) is 0 Å². The Kier molecular flexibility index (Phi) is 4.09. The Morgan fingerprint density at radius 3 is 2.67 bits per heavy atom. The molecule has 0 amide bonds. The van der Waals surface area contributed by atoms with Crippen LogP contribution < -0.4 is 4.74 Å². The summed E-state index contributed by atoms with van der Waals surface area (Å²) in [7, 11) is 1.58. The van der Waals surface area contributed by atoms with Crippen molar-refractivity contribution in [2.24, 2.45) is 0 Å². The molecule has 0 fully saturated rings. The van der Waals surface area contributed by atoms with Gasteiger partial charge >= 0.3 is 0 Å². The number of Topliss-reactive ketones (excluding diaryl/α,β-unsaturated/α-hetero) is 1. The predicted octanol–water partition coefficient (Wildman–Crippen LogP) is 3.61. The van der Waals surface area contributed by atoms with Gasteiger partial charge in [-0.05, 0) is 37.6 Å². The Labute approximate surface area is 98.1 Å². The summed E-state index contributed by atoms with van der Waals surface area (Å²) in [6, 6.07) is 5.36. The molecule has 1 aromatic carbocycles. The van der Waals surface area contributed by atoms with E-state index in [1.165, 1.54) is 0 Å². The molecular weight excluding hydrogens is 256 g/mol. The van der Waals surface area contributed by atoms with E-state index >= 15 is 0 Å². The smallest absolute Gasteiger partial charge is 0.189 e. The van der Waals surface area contributed by atoms with Crippen molar-refractivity contribution in [3.8, 4) is 5.75 Å². The number of rotatable bonds is 3. The monoisotopic (exact) mass is 268 g/mol. The molecule has 0 saturated carbocycles. The van der Waals surface area contributed by atoms with Crippen LogP contribution in [-0.4, -0.2) is 12.9 Å². The number of ketones is 1. The molecule has 15 heavy (non-hydrogen) atoms. The summed E-state index contributed by atoms with van der Waals surface area (Å²) in [6.45, 7) is 3.65. The SMILES string of the molecule is C/C=C(\C)C(=O)c1cc(OC)ccc1Br. The van der Waals surface area contributed by atoms with E-state index in [4.69, 9.17) is 4.74 Å². The number of benzene rings is 1. The van der Waals surface area contributed by atoms with E-state index in [0.29, 0.717) is 11.3 Å². The molecule has 0 aliphatic rings. The van der Waals surface area contributed by atoms with Crippen LogP contribution in [0.15, 0.2) is 34.3 Å². The normalized spacial score (nSPS) is 11.3. The topological polar surface area (TPSA) is 26.3 Å². The molecule has 0 aliphatic heterocycles. The fourth-order valence-corrected chi connectivity index (χ4v) is 1.58. The Morgan fingerprint density at radius 2 is 2.13 bits per heavy atom. The average molecular weight is 269 g/mol. The summed E-state index contributed by atoms with van der Waals surface area (Å²) < 4.78 is 5.87. The number of carbonyl (C=O) groups excluding carboxylic acids is 1. The zero-order valence-corrected chi connectivity index (χ0v) is 10.6. The van der Waals surface area contributed by atoms with E-state index in [9.17, 15) is 4.79 Å². The molecule has 0 radical (unpaired) electrons. The lowest BCUT2D eigenvalue weighted by Crippen LogP contribution is -2.02. The highest BCUT2D eigenvalue weighted by molar-refractivity contribution is 9.10. The molecule has 0 saturated heterocycles. The molecule has 1 aromatic rings. The van der Waals surface area contributed by atoms with Crippen molar-refractivity contribution in [1.82, 2.24) is 0 Å². The van der Waals surface area contributed by atoms with E-state index < -0.39 is 0 Å². The lowest BCUT2D eigenvalue weighted by atomic mass is 10.0. The van der Waals surface area contributed by atoms with Crippen LogP contribution in [0.2, 0.25) is 0 Å². The van der Waals surface area contributed by atoms with Gasteiger partial charge in [0.15, 0.2) is 5.78 Å². The van der Waals surface area contributed by atoms with Crippen LogP contribution in [0.25, 0.3) is 0 Å². The number of hydrogen-bond donors (Lipinski definition) is 0. The molecule has 0 N–H and O–H groups in total. The first-order chi connectivity index (χ1) is 7.10. The molecule has 80 valence electrons. The summed E-state index contributed by atoms with van der Waals surface area (Å²) in [5.41, 5.74) is 1.36. The first-order valence-electron chi connectivity index (χ1n) is 4.61. The van der Waals surface area contributed by atoms with Gasteiger partial charge in [0.25, 0.3) is 0 Å². The van der Waals surface area contributed by atoms with Crippen LogP contribution in [0.3, 0.4) is 0 Å². The Balaban J connectivity index is 3.18. The van der Waals surface area contributed by atoms with Gasteiger partial charge in [-0.25, -0.2) is 0 Å². The highest BCUT2D eigenvalue weighted by Crippen LogP contribution is 2.24. The van der Waals surface area contributed by atoms with Gasteiger partial charge in [-0.3, -0.25) is 4.79 Å². The maximum absolute atomic E-state index is 11.9. The second kappa shape index (κ2) is 5.12. The van der Waals surface area contributed by atoms with Crippen LogP contribution in [-0.2, 0) is 0 Å². The second-order valence-electron chi connectivity index (χ2n) is 3.15. The molecule has 0 aliphatic carbocycles. The maximum Gasteiger partial charge on any atom is 0.189 e. The van der Waals surface area contributed by atoms with Gasteiger partial charge in [0.1, 0.15) is 5.75 Å². The van der Waals surface area contributed by atoms with Gasteiger partial charge in [0.2, 0.25) is 0 Å². The molecule has 2 nitrogen and oxygen atoms in total. The van der Waals surface area contributed by atoms with Gasteiger partial charge in [-0.1, -0.05) is 22.0 Å². The third-order valence-corrected chi connectivity index (χ3v) is 2.90. The van der Waals surface area contributed by atoms with Crippen LogP contribution in [0.5, 0.6) is 5.75 Å². The molecule has 0 atom stereocenters. The van der Waals surface area contributed by atoms with Gasteiger partial charge in [0, 0.05) is 10.0 Å². The maximum atomic E-state index is 11.9. The number of carbonyl (C=O) groups is 1. The minimum Gasteiger partial charge on any atom is -0.497 e. The van der Waals surface area contributed by atoms with Crippen molar-refractivity contribution < 1.29 is 9.53 Å². The van der Waals surface area contributed by atoms with E-state index in [0.717, 1.165) is 10.0 Å². The summed E-state index contributed by atoms with van der Waals surface area (Å²) in [4.78, 5) is 11.9. The quantitative estimate of drug-likeness (QED) is 0.619. The molecule has 0 bridgehead atoms. The number of allylic oxidation sites excluding steroid dienone is 2. The fraction of sp³-hybridized carbons (Fsp3) is 0.250. The van der Waals surface area contributed by atoms with Crippen molar-refractivity contribution in [2.75, 3.05) is 7.11 Å². The minimum atomic E-state index is 0.0169. The summed E-state index contributed by atoms with van der Waals surface area (Å²) >= 11 is 3.35. The Morgan fingerprint density at radius 1 is 1.47 bits per heavy atom. The van der Waals surface area contributed by atoms with Crippen LogP contribution in [0.4, 0.5) is 0 Å². The number of hydrogen-bond acceptors (Lipinski definition) is 2. The molecule has 1 rings (SSSR count). The van der Waals surface area contributed by atoms with E-state index in [2.05, 4.69) is 15.9 Å². The van der Waals surface area contributed by atoms with Crippen LogP contribution in [0.1, 0.15) is 24.2 Å². The van der Waals surface area contributed by atoms with Crippen molar-refractivity contribution in [3.05, 3.63) is 39.9 Å². The van der Waals surface area contributed by atoms with Crippen molar-refractivity contribution >= 4 is 21.7 Å².